The molecule has 1 aliphatic rings. The summed E-state index contributed by atoms with van der Waals surface area (Å²) >= 11 is 0. The van der Waals surface area contributed by atoms with Gasteiger partial charge >= 0.3 is 0 Å². The molecule has 1 aliphatic heterocycles. The van der Waals surface area contributed by atoms with E-state index in [1.54, 1.807) is 6.33 Å². The third-order valence-corrected chi connectivity index (χ3v) is 5.46. The molecule has 1 aromatic heterocycles. The van der Waals surface area contributed by atoms with Crippen molar-refractivity contribution in [3.8, 4) is 0 Å². The number of nitrogens with one attached hydrogen (secondary N) is 1. The number of hydrogen-bond acceptors (Lipinski definition) is 3. The zero-order valence-corrected chi connectivity index (χ0v) is 18.7. The van der Waals surface area contributed by atoms with Gasteiger partial charge in [-0.2, -0.15) is 0 Å². The smallest absolute Gasteiger partial charge is 0.223 e. The van der Waals surface area contributed by atoms with E-state index in [4.69, 9.17) is 0 Å². The Kier molecular flexibility index (Phi) is 8.85. The molecule has 3 aromatic rings. The maximum Gasteiger partial charge on any atom is 0.223 e. The van der Waals surface area contributed by atoms with Crippen molar-refractivity contribution in [3.05, 3.63) is 90.0 Å². The van der Waals surface area contributed by atoms with Gasteiger partial charge in [0, 0.05) is 57.0 Å². The van der Waals surface area contributed by atoms with Crippen molar-refractivity contribution in [2.45, 2.75) is 39.2 Å². The van der Waals surface area contributed by atoms with Gasteiger partial charge in [-0.15, -0.1) is 0 Å². The van der Waals surface area contributed by atoms with Crippen LogP contribution in [0.3, 0.4) is 0 Å². The summed E-state index contributed by atoms with van der Waals surface area (Å²) < 4.78 is 0. The monoisotopic (exact) mass is 418 g/mol. The van der Waals surface area contributed by atoms with E-state index < -0.39 is 0 Å². The average Bonchev–Trinajstić information content (AvgIpc) is 3.32. The van der Waals surface area contributed by atoms with Gasteiger partial charge in [0.2, 0.25) is 5.91 Å². The Labute approximate surface area is 186 Å². The lowest BCUT2D eigenvalue weighted by Crippen LogP contribution is -2.48. The van der Waals surface area contributed by atoms with Gasteiger partial charge in [-0.25, -0.2) is 4.98 Å². The van der Waals surface area contributed by atoms with Crippen LogP contribution in [-0.2, 0) is 11.3 Å². The van der Waals surface area contributed by atoms with Crippen LogP contribution in [0, 0.1) is 0 Å². The zero-order valence-electron chi connectivity index (χ0n) is 18.7. The van der Waals surface area contributed by atoms with Crippen LogP contribution in [0.2, 0.25) is 0 Å². The maximum absolute atomic E-state index is 13.1. The molecule has 4 rings (SSSR count). The van der Waals surface area contributed by atoms with Gasteiger partial charge in [0.15, 0.2) is 0 Å². The van der Waals surface area contributed by atoms with Gasteiger partial charge in [-0.1, -0.05) is 80.9 Å². The molecule has 0 bridgehead atoms. The molecule has 0 unspecified atom stereocenters. The summed E-state index contributed by atoms with van der Waals surface area (Å²) in [5.74, 6) is 0.330. The fraction of sp³-hybridized carbons (Fsp3) is 0.385. The Morgan fingerprint density at radius 3 is 1.97 bits per heavy atom. The minimum Gasteiger partial charge on any atom is -0.347 e. The molecule has 0 saturated carbocycles. The van der Waals surface area contributed by atoms with Crippen molar-refractivity contribution in [2.75, 3.05) is 26.2 Å². The molecule has 0 aliphatic carbocycles. The first kappa shape index (κ1) is 22.8. The molecular weight excluding hydrogens is 384 g/mol. The second-order valence-corrected chi connectivity index (χ2v) is 8.02. The third kappa shape index (κ3) is 6.79. The molecule has 1 amide bonds. The summed E-state index contributed by atoms with van der Waals surface area (Å²) in [4.78, 5) is 24.7. The molecule has 2 heterocycles. The molecule has 2 aromatic carbocycles. The molecule has 164 valence electrons. The standard InChI is InChI=1S/C23H26N4O.C3H8/c28-23(27-13-11-26(12-14-27)17-21-16-24-18-25-21)15-22(19-7-3-1-4-8-19)20-9-5-2-6-10-20;1-3-2/h1-10,16,18,22H,11-15,17H2,(H,24,25);3H2,1-2H3. The van der Waals surface area contributed by atoms with Crippen molar-refractivity contribution >= 4 is 5.91 Å². The van der Waals surface area contributed by atoms with Crippen molar-refractivity contribution in [2.24, 2.45) is 0 Å². The van der Waals surface area contributed by atoms with Crippen LogP contribution in [0.1, 0.15) is 49.4 Å². The third-order valence-electron chi connectivity index (χ3n) is 5.46. The van der Waals surface area contributed by atoms with E-state index in [1.807, 2.05) is 47.5 Å². The molecule has 5 heteroatoms. The molecule has 0 atom stereocenters. The van der Waals surface area contributed by atoms with Crippen LogP contribution in [0.25, 0.3) is 0 Å². The molecule has 1 N–H and O–H groups in total. The number of carbonyl (C=O) groups is 1. The topological polar surface area (TPSA) is 52.2 Å². The van der Waals surface area contributed by atoms with Crippen LogP contribution in [0.5, 0.6) is 0 Å². The fourth-order valence-electron chi connectivity index (χ4n) is 3.87. The number of aromatic nitrogens is 2. The second-order valence-electron chi connectivity index (χ2n) is 8.02. The van der Waals surface area contributed by atoms with E-state index in [1.165, 1.54) is 17.5 Å². The molecule has 1 fully saturated rings. The van der Waals surface area contributed by atoms with Crippen LogP contribution in [-0.4, -0.2) is 51.9 Å². The Balaban J connectivity index is 0.000000858. The second kappa shape index (κ2) is 12.1. The number of benzene rings is 2. The van der Waals surface area contributed by atoms with Gasteiger partial charge in [0.1, 0.15) is 0 Å². The summed E-state index contributed by atoms with van der Waals surface area (Å²) in [5, 5.41) is 0. The number of hydrogen-bond donors (Lipinski definition) is 1. The van der Waals surface area contributed by atoms with E-state index in [0.717, 1.165) is 38.4 Å². The number of nitrogens with zero attached hydrogens (tertiary/aromatic N) is 3. The van der Waals surface area contributed by atoms with Gasteiger partial charge < -0.3 is 9.88 Å². The van der Waals surface area contributed by atoms with Crippen LogP contribution >= 0.6 is 0 Å². The quantitative estimate of drug-likeness (QED) is 0.632. The van der Waals surface area contributed by atoms with E-state index in [-0.39, 0.29) is 11.8 Å². The number of imidazole rings is 1. The summed E-state index contributed by atoms with van der Waals surface area (Å²) in [6, 6.07) is 20.7. The number of aromatic amines is 1. The highest BCUT2D eigenvalue weighted by atomic mass is 16.2. The Morgan fingerprint density at radius 1 is 0.935 bits per heavy atom. The van der Waals surface area contributed by atoms with E-state index >= 15 is 0 Å². The SMILES string of the molecule is CCC.O=C(CC(c1ccccc1)c1ccccc1)N1CCN(Cc2cnc[nH]2)CC1. The van der Waals surface area contributed by atoms with Crippen LogP contribution in [0.4, 0.5) is 0 Å². The van der Waals surface area contributed by atoms with Crippen molar-refractivity contribution in [1.29, 1.82) is 0 Å². The Bertz CT molecular complexity index is 833. The Hall–Kier alpha value is -2.92. The lowest BCUT2D eigenvalue weighted by Gasteiger charge is -2.35. The molecule has 1 saturated heterocycles. The predicted molar refractivity (Wildman–Crippen MR) is 126 cm³/mol. The molecule has 5 nitrogen and oxygen atoms in total. The van der Waals surface area contributed by atoms with Crippen LogP contribution in [0.15, 0.2) is 73.2 Å². The highest BCUT2D eigenvalue weighted by molar-refractivity contribution is 5.78. The molecule has 31 heavy (non-hydrogen) atoms. The highest BCUT2D eigenvalue weighted by Gasteiger charge is 2.25. The number of carbonyl (C=O) groups excluding carboxylic acids is 1. The number of amides is 1. The summed E-state index contributed by atoms with van der Waals surface area (Å²) in [6.07, 6.45) is 5.33. The highest BCUT2D eigenvalue weighted by Crippen LogP contribution is 2.28. The first-order valence-electron chi connectivity index (χ1n) is 11.3. The molecule has 0 radical (unpaired) electrons. The maximum atomic E-state index is 13.1. The van der Waals surface area contributed by atoms with Gasteiger partial charge in [-0.05, 0) is 11.1 Å². The lowest BCUT2D eigenvalue weighted by atomic mass is 9.88. The summed E-state index contributed by atoms with van der Waals surface area (Å²) in [7, 11) is 0. The predicted octanol–water partition coefficient (Wildman–Crippen LogP) is 4.69. The first-order valence-corrected chi connectivity index (χ1v) is 11.3. The minimum atomic E-state index is 0.0953. The van der Waals surface area contributed by atoms with Crippen molar-refractivity contribution in [1.82, 2.24) is 19.8 Å². The largest absolute Gasteiger partial charge is 0.347 e. The van der Waals surface area contributed by atoms with Crippen molar-refractivity contribution < 1.29 is 4.79 Å². The zero-order chi connectivity index (χ0) is 21.9. The summed E-state index contributed by atoms with van der Waals surface area (Å²) in [5.41, 5.74) is 3.51. The number of piperazine rings is 1. The molecular formula is C26H34N4O. The van der Waals surface area contributed by atoms with Gasteiger partial charge in [0.05, 0.1) is 6.33 Å². The van der Waals surface area contributed by atoms with Crippen molar-refractivity contribution in [3.63, 3.8) is 0 Å². The normalized spacial score (nSPS) is 14.2. The average molecular weight is 419 g/mol. The number of rotatable bonds is 6. The Morgan fingerprint density at radius 2 is 1.48 bits per heavy atom. The van der Waals surface area contributed by atoms with Crippen LogP contribution < -0.4 is 0 Å². The molecule has 0 spiro atoms. The van der Waals surface area contributed by atoms with E-state index in [2.05, 4.69) is 53.0 Å². The van der Waals surface area contributed by atoms with Gasteiger partial charge in [-0.3, -0.25) is 9.69 Å². The lowest BCUT2D eigenvalue weighted by molar-refractivity contribution is -0.133. The first-order chi connectivity index (χ1) is 15.2. The van der Waals surface area contributed by atoms with Gasteiger partial charge in [0.25, 0.3) is 0 Å². The fourth-order valence-corrected chi connectivity index (χ4v) is 3.87. The minimum absolute atomic E-state index is 0.0953. The summed E-state index contributed by atoms with van der Waals surface area (Å²) in [6.45, 7) is 8.46. The van der Waals surface area contributed by atoms with E-state index in [9.17, 15) is 4.79 Å². The number of H-pyrrole nitrogens is 1. The van der Waals surface area contributed by atoms with E-state index in [0.29, 0.717) is 6.42 Å².